The highest BCUT2D eigenvalue weighted by molar-refractivity contribution is 5.71. The van der Waals surface area contributed by atoms with Crippen LogP contribution < -0.4 is 5.73 Å². The highest BCUT2D eigenvalue weighted by atomic mass is 16.3. The Morgan fingerprint density at radius 3 is 2.59 bits per heavy atom. The SMILES string of the molecule is N#Cc1c(C2CCCCC2)cc(-c2ccccc2O)nc1N. The summed E-state index contributed by atoms with van der Waals surface area (Å²) >= 11 is 0. The first-order valence-electron chi connectivity index (χ1n) is 7.69. The lowest BCUT2D eigenvalue weighted by molar-refractivity contribution is 0.443. The van der Waals surface area contributed by atoms with E-state index in [4.69, 9.17) is 5.73 Å². The molecule has 22 heavy (non-hydrogen) atoms. The average Bonchev–Trinajstić information content (AvgIpc) is 2.55. The second kappa shape index (κ2) is 6.07. The van der Waals surface area contributed by atoms with Gasteiger partial charge in [-0.25, -0.2) is 4.98 Å². The van der Waals surface area contributed by atoms with Crippen molar-refractivity contribution in [1.29, 1.82) is 5.26 Å². The van der Waals surface area contributed by atoms with Crippen LogP contribution in [0.2, 0.25) is 0 Å². The van der Waals surface area contributed by atoms with Crippen molar-refractivity contribution in [3.05, 3.63) is 41.5 Å². The lowest BCUT2D eigenvalue weighted by Crippen LogP contribution is -2.10. The third kappa shape index (κ3) is 2.62. The molecule has 3 rings (SSSR count). The number of phenolic OH excluding ortho intramolecular Hbond substituents is 1. The summed E-state index contributed by atoms with van der Waals surface area (Å²) in [6, 6.07) is 11.2. The van der Waals surface area contributed by atoms with Gasteiger partial charge >= 0.3 is 0 Å². The Bertz CT molecular complexity index is 728. The number of anilines is 1. The number of hydrogen-bond donors (Lipinski definition) is 2. The molecule has 0 amide bonds. The molecule has 1 aliphatic carbocycles. The molecule has 112 valence electrons. The maximum absolute atomic E-state index is 10.0. The smallest absolute Gasteiger partial charge is 0.142 e. The monoisotopic (exact) mass is 293 g/mol. The molecule has 0 aliphatic heterocycles. The number of nitrogens with zero attached hydrogens (tertiary/aromatic N) is 2. The van der Waals surface area contributed by atoms with E-state index < -0.39 is 0 Å². The predicted octanol–water partition coefficient (Wildman–Crippen LogP) is 3.96. The van der Waals surface area contributed by atoms with E-state index >= 15 is 0 Å². The number of aromatic nitrogens is 1. The van der Waals surface area contributed by atoms with Crippen molar-refractivity contribution in [2.24, 2.45) is 0 Å². The van der Waals surface area contributed by atoms with Crippen LogP contribution in [-0.2, 0) is 0 Å². The van der Waals surface area contributed by atoms with Crippen molar-refractivity contribution in [1.82, 2.24) is 4.98 Å². The number of benzene rings is 1. The number of para-hydroxylation sites is 1. The van der Waals surface area contributed by atoms with Crippen molar-refractivity contribution in [3.8, 4) is 23.1 Å². The van der Waals surface area contributed by atoms with Gasteiger partial charge in [-0.3, -0.25) is 0 Å². The number of nitrogen functional groups attached to an aromatic ring is 1. The summed E-state index contributed by atoms with van der Waals surface area (Å²) in [7, 11) is 0. The molecular formula is C18H19N3O. The van der Waals surface area contributed by atoms with Gasteiger partial charge in [0, 0.05) is 5.56 Å². The molecule has 1 aliphatic rings. The van der Waals surface area contributed by atoms with Gasteiger partial charge in [0.25, 0.3) is 0 Å². The number of rotatable bonds is 2. The molecule has 1 heterocycles. The first kappa shape index (κ1) is 14.4. The fraction of sp³-hybridized carbons (Fsp3) is 0.333. The first-order chi connectivity index (χ1) is 10.7. The second-order valence-corrected chi connectivity index (χ2v) is 5.82. The maximum Gasteiger partial charge on any atom is 0.142 e. The summed E-state index contributed by atoms with van der Waals surface area (Å²) in [5, 5.41) is 19.5. The number of phenols is 1. The Hall–Kier alpha value is -2.54. The van der Waals surface area contributed by atoms with Gasteiger partial charge in [0.05, 0.1) is 11.3 Å². The highest BCUT2D eigenvalue weighted by Gasteiger charge is 2.22. The zero-order valence-corrected chi connectivity index (χ0v) is 12.4. The summed E-state index contributed by atoms with van der Waals surface area (Å²) in [6.45, 7) is 0. The molecule has 0 unspecified atom stereocenters. The number of aromatic hydroxyl groups is 1. The minimum absolute atomic E-state index is 0.175. The minimum atomic E-state index is 0.175. The van der Waals surface area contributed by atoms with E-state index in [9.17, 15) is 10.4 Å². The molecule has 3 N–H and O–H groups in total. The van der Waals surface area contributed by atoms with Crippen LogP contribution in [0.3, 0.4) is 0 Å². The normalized spacial score (nSPS) is 15.4. The van der Waals surface area contributed by atoms with E-state index in [0.29, 0.717) is 22.7 Å². The summed E-state index contributed by atoms with van der Waals surface area (Å²) in [6.07, 6.45) is 5.79. The molecule has 1 fully saturated rings. The average molecular weight is 293 g/mol. The van der Waals surface area contributed by atoms with E-state index in [1.807, 2.05) is 18.2 Å². The topological polar surface area (TPSA) is 82.9 Å². The first-order valence-corrected chi connectivity index (χ1v) is 7.69. The molecule has 0 atom stereocenters. The standard InChI is InChI=1S/C18H19N3O/c19-11-15-14(12-6-2-1-3-7-12)10-16(21-18(15)20)13-8-4-5-9-17(13)22/h4-5,8-10,12,22H,1-3,6-7H2,(H2,20,21). The lowest BCUT2D eigenvalue weighted by atomic mass is 9.82. The van der Waals surface area contributed by atoms with Crippen LogP contribution in [0.1, 0.15) is 49.1 Å². The molecule has 4 heteroatoms. The van der Waals surface area contributed by atoms with Gasteiger partial charge in [0.15, 0.2) is 0 Å². The molecular weight excluding hydrogens is 274 g/mol. The van der Waals surface area contributed by atoms with Gasteiger partial charge in [0.1, 0.15) is 17.6 Å². The molecule has 2 aromatic rings. The lowest BCUT2D eigenvalue weighted by Gasteiger charge is -2.23. The minimum Gasteiger partial charge on any atom is -0.507 e. The molecule has 1 aromatic carbocycles. The van der Waals surface area contributed by atoms with Crippen LogP contribution in [0, 0.1) is 11.3 Å². The molecule has 4 nitrogen and oxygen atoms in total. The quantitative estimate of drug-likeness (QED) is 0.878. The number of nitrogens with two attached hydrogens (primary N) is 1. The van der Waals surface area contributed by atoms with Crippen molar-refractivity contribution in [2.75, 3.05) is 5.73 Å². The van der Waals surface area contributed by atoms with Gasteiger partial charge in [0.2, 0.25) is 0 Å². The largest absolute Gasteiger partial charge is 0.507 e. The summed E-state index contributed by atoms with van der Waals surface area (Å²) in [4.78, 5) is 4.33. The van der Waals surface area contributed by atoms with E-state index in [1.54, 1.807) is 12.1 Å². The van der Waals surface area contributed by atoms with E-state index in [2.05, 4.69) is 11.1 Å². The van der Waals surface area contributed by atoms with Crippen LogP contribution in [0.4, 0.5) is 5.82 Å². The Labute approximate surface area is 130 Å². The number of hydrogen-bond acceptors (Lipinski definition) is 4. The molecule has 0 spiro atoms. The van der Waals surface area contributed by atoms with E-state index in [0.717, 1.165) is 18.4 Å². The van der Waals surface area contributed by atoms with Crippen LogP contribution >= 0.6 is 0 Å². The summed E-state index contributed by atoms with van der Waals surface area (Å²) in [5.74, 6) is 0.788. The fourth-order valence-electron chi connectivity index (χ4n) is 3.27. The number of pyridine rings is 1. The third-order valence-electron chi connectivity index (χ3n) is 4.41. The fourth-order valence-corrected chi connectivity index (χ4v) is 3.27. The predicted molar refractivity (Wildman–Crippen MR) is 86.3 cm³/mol. The van der Waals surface area contributed by atoms with Crippen molar-refractivity contribution < 1.29 is 5.11 Å². The van der Waals surface area contributed by atoms with E-state index in [-0.39, 0.29) is 11.6 Å². The zero-order valence-electron chi connectivity index (χ0n) is 12.4. The molecule has 0 bridgehead atoms. The van der Waals surface area contributed by atoms with Gasteiger partial charge in [-0.15, -0.1) is 0 Å². The van der Waals surface area contributed by atoms with Gasteiger partial charge in [-0.2, -0.15) is 5.26 Å². The van der Waals surface area contributed by atoms with E-state index in [1.165, 1.54) is 19.3 Å². The maximum atomic E-state index is 10.0. The second-order valence-electron chi connectivity index (χ2n) is 5.82. The van der Waals surface area contributed by atoms with Crippen LogP contribution in [0.15, 0.2) is 30.3 Å². The van der Waals surface area contributed by atoms with Crippen LogP contribution in [0.5, 0.6) is 5.75 Å². The van der Waals surface area contributed by atoms with Crippen LogP contribution in [-0.4, -0.2) is 10.1 Å². The summed E-state index contributed by atoms with van der Waals surface area (Å²) in [5.41, 5.74) is 8.77. The molecule has 0 radical (unpaired) electrons. The van der Waals surface area contributed by atoms with Crippen molar-refractivity contribution in [3.63, 3.8) is 0 Å². The van der Waals surface area contributed by atoms with Crippen molar-refractivity contribution in [2.45, 2.75) is 38.0 Å². The zero-order chi connectivity index (χ0) is 15.5. The van der Waals surface area contributed by atoms with Gasteiger partial charge in [-0.05, 0) is 42.5 Å². The van der Waals surface area contributed by atoms with Crippen LogP contribution in [0.25, 0.3) is 11.3 Å². The number of nitriles is 1. The Morgan fingerprint density at radius 1 is 1.18 bits per heavy atom. The van der Waals surface area contributed by atoms with Gasteiger partial charge in [-0.1, -0.05) is 31.4 Å². The van der Waals surface area contributed by atoms with Crippen molar-refractivity contribution >= 4 is 5.82 Å². The Kier molecular flexibility index (Phi) is 3.97. The molecule has 0 saturated heterocycles. The Morgan fingerprint density at radius 2 is 1.91 bits per heavy atom. The van der Waals surface area contributed by atoms with Gasteiger partial charge < -0.3 is 10.8 Å². The molecule has 1 saturated carbocycles. The third-order valence-corrected chi connectivity index (χ3v) is 4.41. The summed E-state index contributed by atoms with van der Waals surface area (Å²) < 4.78 is 0. The molecule has 1 aromatic heterocycles. The highest BCUT2D eigenvalue weighted by Crippen LogP contribution is 2.38. The Balaban J connectivity index is 2.12.